The molecular formula is C24H19NO6. The van der Waals surface area contributed by atoms with Crippen LogP contribution in [0.2, 0.25) is 0 Å². The standard InChI is InChI=1S/C24H19NO6/c1-14-10-16(30-24(27)22-17(28-2)7-4-8-18(22)29-3)12-19-21(14)23(26)20(31-19)11-15-6-5-9-25-13-15/h4-13H,1-3H3. The quantitative estimate of drug-likeness (QED) is 0.349. The molecule has 156 valence electrons. The highest BCUT2D eigenvalue weighted by Crippen LogP contribution is 2.38. The molecular weight excluding hydrogens is 398 g/mol. The minimum absolute atomic E-state index is 0.166. The zero-order chi connectivity index (χ0) is 22.0. The number of Topliss-reactive ketones (excluding diaryl/α,β-unsaturated/α-hetero) is 1. The lowest BCUT2D eigenvalue weighted by molar-refractivity contribution is 0.0727. The van der Waals surface area contributed by atoms with E-state index < -0.39 is 5.97 Å². The first-order valence-corrected chi connectivity index (χ1v) is 9.44. The number of carbonyl (C=O) groups is 2. The molecule has 0 saturated carbocycles. The number of ketones is 1. The number of hydrogen-bond acceptors (Lipinski definition) is 7. The van der Waals surface area contributed by atoms with Gasteiger partial charge in [-0.1, -0.05) is 12.1 Å². The molecule has 0 aliphatic carbocycles. The Morgan fingerprint density at radius 1 is 1.06 bits per heavy atom. The monoisotopic (exact) mass is 417 g/mol. The number of carbonyl (C=O) groups excluding carboxylic acids is 2. The molecule has 31 heavy (non-hydrogen) atoms. The molecule has 0 atom stereocenters. The van der Waals surface area contributed by atoms with Gasteiger partial charge in [0.05, 0.1) is 19.8 Å². The molecule has 0 N–H and O–H groups in total. The number of rotatable bonds is 5. The second-order valence-corrected chi connectivity index (χ2v) is 6.77. The molecule has 0 unspecified atom stereocenters. The third-order valence-electron chi connectivity index (χ3n) is 4.77. The summed E-state index contributed by atoms with van der Waals surface area (Å²) >= 11 is 0. The molecule has 1 aliphatic heterocycles. The van der Waals surface area contributed by atoms with E-state index in [4.69, 9.17) is 18.9 Å². The van der Waals surface area contributed by atoms with Gasteiger partial charge in [0.25, 0.3) is 0 Å². The summed E-state index contributed by atoms with van der Waals surface area (Å²) in [6.45, 7) is 1.76. The van der Waals surface area contributed by atoms with E-state index in [0.29, 0.717) is 28.4 Å². The smallest absolute Gasteiger partial charge is 0.351 e. The molecule has 3 aromatic rings. The van der Waals surface area contributed by atoms with Crippen molar-refractivity contribution in [1.29, 1.82) is 0 Å². The molecule has 0 amide bonds. The Balaban J connectivity index is 1.64. The van der Waals surface area contributed by atoms with E-state index in [0.717, 1.165) is 5.56 Å². The molecule has 0 fully saturated rings. The normalized spacial score (nSPS) is 13.5. The topological polar surface area (TPSA) is 84.0 Å². The van der Waals surface area contributed by atoms with Crippen molar-refractivity contribution < 1.29 is 28.5 Å². The molecule has 7 nitrogen and oxygen atoms in total. The van der Waals surface area contributed by atoms with Gasteiger partial charge >= 0.3 is 5.97 Å². The second kappa shape index (κ2) is 8.31. The highest BCUT2D eigenvalue weighted by molar-refractivity contribution is 6.15. The number of methoxy groups -OCH3 is 2. The third-order valence-corrected chi connectivity index (χ3v) is 4.77. The van der Waals surface area contributed by atoms with Crippen molar-refractivity contribution in [3.63, 3.8) is 0 Å². The zero-order valence-corrected chi connectivity index (χ0v) is 17.2. The average Bonchev–Trinajstić information content (AvgIpc) is 3.09. The number of ether oxygens (including phenoxy) is 4. The Bertz CT molecular complexity index is 1180. The van der Waals surface area contributed by atoms with Crippen LogP contribution in [-0.2, 0) is 0 Å². The van der Waals surface area contributed by atoms with E-state index in [1.54, 1.807) is 55.7 Å². The SMILES string of the molecule is COc1cccc(OC)c1C(=O)Oc1cc(C)c2c(c1)OC(=Cc1cccnc1)C2=O. The van der Waals surface area contributed by atoms with Gasteiger partial charge in [-0.3, -0.25) is 9.78 Å². The molecule has 1 aromatic heterocycles. The summed E-state index contributed by atoms with van der Waals surface area (Å²) in [5.74, 6) is 0.524. The molecule has 2 aromatic carbocycles. The zero-order valence-electron chi connectivity index (χ0n) is 17.2. The Labute approximate surface area is 178 Å². The third kappa shape index (κ3) is 3.85. The summed E-state index contributed by atoms with van der Waals surface area (Å²) in [5, 5.41) is 0. The average molecular weight is 417 g/mol. The van der Waals surface area contributed by atoms with Gasteiger partial charge in [-0.2, -0.15) is 0 Å². The van der Waals surface area contributed by atoms with E-state index in [-0.39, 0.29) is 22.9 Å². The van der Waals surface area contributed by atoms with E-state index in [9.17, 15) is 9.59 Å². The summed E-state index contributed by atoms with van der Waals surface area (Å²) in [5.41, 5.74) is 1.97. The van der Waals surface area contributed by atoms with E-state index >= 15 is 0 Å². The fourth-order valence-corrected chi connectivity index (χ4v) is 3.36. The van der Waals surface area contributed by atoms with Crippen LogP contribution in [-0.4, -0.2) is 31.0 Å². The second-order valence-electron chi connectivity index (χ2n) is 6.77. The van der Waals surface area contributed by atoms with Crippen molar-refractivity contribution >= 4 is 17.8 Å². The first-order valence-electron chi connectivity index (χ1n) is 9.44. The van der Waals surface area contributed by atoms with E-state index in [2.05, 4.69) is 4.98 Å². The van der Waals surface area contributed by atoms with Crippen LogP contribution in [0.3, 0.4) is 0 Å². The minimum Gasteiger partial charge on any atom is -0.496 e. The molecule has 1 aliphatic rings. The lowest BCUT2D eigenvalue weighted by Crippen LogP contribution is -2.12. The summed E-state index contributed by atoms with van der Waals surface area (Å²) in [6, 6.07) is 11.7. The fraction of sp³-hybridized carbons (Fsp3) is 0.125. The predicted octanol–water partition coefficient (Wildman–Crippen LogP) is 4.24. The van der Waals surface area contributed by atoms with Crippen molar-refractivity contribution in [1.82, 2.24) is 4.98 Å². The Morgan fingerprint density at radius 3 is 2.45 bits per heavy atom. The van der Waals surface area contributed by atoms with Gasteiger partial charge in [-0.15, -0.1) is 0 Å². The van der Waals surface area contributed by atoms with Gasteiger partial charge in [-0.25, -0.2) is 4.79 Å². The molecule has 0 radical (unpaired) electrons. The van der Waals surface area contributed by atoms with Crippen LogP contribution in [0, 0.1) is 6.92 Å². The maximum Gasteiger partial charge on any atom is 0.351 e. The Hall–Kier alpha value is -4.13. The molecule has 0 bridgehead atoms. The highest BCUT2D eigenvalue weighted by Gasteiger charge is 2.31. The van der Waals surface area contributed by atoms with Gasteiger partial charge in [0.15, 0.2) is 5.76 Å². The first-order chi connectivity index (χ1) is 15.0. The number of hydrogen-bond donors (Lipinski definition) is 0. The lowest BCUT2D eigenvalue weighted by atomic mass is 10.0. The molecule has 4 rings (SSSR count). The summed E-state index contributed by atoms with van der Waals surface area (Å²) in [4.78, 5) is 29.7. The van der Waals surface area contributed by atoms with Crippen LogP contribution >= 0.6 is 0 Å². The van der Waals surface area contributed by atoms with Crippen LogP contribution in [0.1, 0.15) is 31.8 Å². The van der Waals surface area contributed by atoms with Gasteiger partial charge in [-0.05, 0) is 48.4 Å². The largest absolute Gasteiger partial charge is 0.496 e. The van der Waals surface area contributed by atoms with Crippen molar-refractivity contribution in [2.75, 3.05) is 14.2 Å². The minimum atomic E-state index is -0.649. The number of benzene rings is 2. The number of fused-ring (bicyclic) bond motifs is 1. The van der Waals surface area contributed by atoms with Gasteiger partial charge in [0, 0.05) is 18.5 Å². The number of pyridine rings is 1. The molecule has 2 heterocycles. The van der Waals surface area contributed by atoms with Crippen LogP contribution in [0.15, 0.2) is 60.6 Å². The maximum absolute atomic E-state index is 12.8. The predicted molar refractivity (Wildman–Crippen MR) is 113 cm³/mol. The number of nitrogens with zero attached hydrogens (tertiary/aromatic N) is 1. The van der Waals surface area contributed by atoms with Crippen molar-refractivity contribution in [2.24, 2.45) is 0 Å². The Kier molecular flexibility index (Phi) is 5.41. The molecule has 0 spiro atoms. The summed E-state index contributed by atoms with van der Waals surface area (Å²) < 4.78 is 21.9. The number of esters is 1. The number of allylic oxidation sites excluding steroid dienone is 1. The van der Waals surface area contributed by atoms with E-state index in [1.807, 2.05) is 6.07 Å². The fourth-order valence-electron chi connectivity index (χ4n) is 3.36. The number of aryl methyl sites for hydroxylation is 1. The first kappa shape index (κ1) is 20.2. The maximum atomic E-state index is 12.8. The van der Waals surface area contributed by atoms with Crippen LogP contribution < -0.4 is 18.9 Å². The number of aromatic nitrogens is 1. The highest BCUT2D eigenvalue weighted by atomic mass is 16.5. The van der Waals surface area contributed by atoms with Crippen molar-refractivity contribution in [3.05, 3.63) is 82.9 Å². The van der Waals surface area contributed by atoms with E-state index in [1.165, 1.54) is 20.3 Å². The van der Waals surface area contributed by atoms with Crippen molar-refractivity contribution in [3.8, 4) is 23.0 Å². The van der Waals surface area contributed by atoms with Crippen LogP contribution in [0.5, 0.6) is 23.0 Å². The van der Waals surface area contributed by atoms with Gasteiger partial charge < -0.3 is 18.9 Å². The van der Waals surface area contributed by atoms with Crippen LogP contribution in [0.25, 0.3) is 6.08 Å². The molecule has 7 heteroatoms. The summed E-state index contributed by atoms with van der Waals surface area (Å²) in [7, 11) is 2.92. The van der Waals surface area contributed by atoms with Crippen molar-refractivity contribution in [2.45, 2.75) is 6.92 Å². The lowest BCUT2D eigenvalue weighted by Gasteiger charge is -2.13. The van der Waals surface area contributed by atoms with Gasteiger partial charge in [0.2, 0.25) is 5.78 Å². The Morgan fingerprint density at radius 2 is 1.81 bits per heavy atom. The summed E-state index contributed by atoms with van der Waals surface area (Å²) in [6.07, 6.45) is 4.91. The molecule has 0 saturated heterocycles. The van der Waals surface area contributed by atoms with Gasteiger partial charge in [0.1, 0.15) is 28.6 Å². The van der Waals surface area contributed by atoms with Crippen LogP contribution in [0.4, 0.5) is 0 Å².